The van der Waals surface area contributed by atoms with E-state index in [1.54, 1.807) is 12.1 Å². The predicted octanol–water partition coefficient (Wildman–Crippen LogP) is 5.60. The molecule has 0 radical (unpaired) electrons. The van der Waals surface area contributed by atoms with E-state index < -0.39 is 5.63 Å². The van der Waals surface area contributed by atoms with Gasteiger partial charge in [-0.15, -0.1) is 0 Å². The van der Waals surface area contributed by atoms with Gasteiger partial charge in [0, 0.05) is 23.2 Å². The molecule has 0 aliphatic carbocycles. The Morgan fingerprint density at radius 2 is 1.71 bits per heavy atom. The lowest BCUT2D eigenvalue weighted by molar-refractivity contribution is -0.118. The third kappa shape index (κ3) is 4.83. The summed E-state index contributed by atoms with van der Waals surface area (Å²) < 4.78 is 11.0. The van der Waals surface area contributed by atoms with Crippen LogP contribution in [0.3, 0.4) is 0 Å². The second kappa shape index (κ2) is 8.88. The molecular weight excluding hydrogens is 390 g/mol. The van der Waals surface area contributed by atoms with Gasteiger partial charge >= 0.3 is 5.63 Å². The zero-order valence-electron chi connectivity index (χ0n) is 17.4. The molecule has 4 rings (SSSR count). The number of carbonyl (C=O) groups is 1. The molecule has 0 atom stereocenters. The minimum Gasteiger partial charge on any atom is -0.484 e. The summed E-state index contributed by atoms with van der Waals surface area (Å²) in [6.07, 6.45) is 0. The Balaban J connectivity index is 1.48. The molecule has 4 aromatic rings. The summed E-state index contributed by atoms with van der Waals surface area (Å²) in [6, 6.07) is 24.1. The van der Waals surface area contributed by atoms with E-state index in [4.69, 9.17) is 9.15 Å². The molecule has 0 saturated heterocycles. The Morgan fingerprint density at radius 3 is 2.42 bits per heavy atom. The van der Waals surface area contributed by atoms with Crippen molar-refractivity contribution in [3.63, 3.8) is 0 Å². The molecule has 31 heavy (non-hydrogen) atoms. The van der Waals surface area contributed by atoms with Crippen LogP contribution in [0.4, 0.5) is 5.69 Å². The van der Waals surface area contributed by atoms with Crippen LogP contribution >= 0.6 is 0 Å². The van der Waals surface area contributed by atoms with E-state index in [1.807, 2.05) is 60.7 Å². The van der Waals surface area contributed by atoms with Crippen molar-refractivity contribution in [1.82, 2.24) is 0 Å². The molecule has 5 heteroatoms. The summed E-state index contributed by atoms with van der Waals surface area (Å²) in [7, 11) is 0. The standard InChI is InChI=1S/C26H23NO4/c1-17(2)18-8-10-20(11-9-18)27-25(28)16-30-21-12-13-22-23(19-6-4-3-5-7-19)15-26(29)31-24(22)14-21/h3-15,17H,16H2,1-2H3,(H,27,28). The van der Waals surface area contributed by atoms with E-state index in [0.717, 1.165) is 22.2 Å². The first-order valence-electron chi connectivity index (χ1n) is 10.2. The average Bonchev–Trinajstić information content (AvgIpc) is 2.78. The van der Waals surface area contributed by atoms with Crippen LogP contribution in [0.25, 0.3) is 22.1 Å². The highest BCUT2D eigenvalue weighted by Crippen LogP contribution is 2.29. The predicted molar refractivity (Wildman–Crippen MR) is 123 cm³/mol. The maximum atomic E-state index is 12.3. The maximum absolute atomic E-state index is 12.3. The fourth-order valence-electron chi connectivity index (χ4n) is 3.39. The number of amides is 1. The summed E-state index contributed by atoms with van der Waals surface area (Å²) in [5.41, 5.74) is 3.62. The van der Waals surface area contributed by atoms with Crippen LogP contribution < -0.4 is 15.7 Å². The third-order valence-electron chi connectivity index (χ3n) is 5.03. The SMILES string of the molecule is CC(C)c1ccc(NC(=O)COc2ccc3c(-c4ccccc4)cc(=O)oc3c2)cc1. The van der Waals surface area contributed by atoms with Crippen LogP contribution in [0.5, 0.6) is 5.75 Å². The Bertz CT molecular complexity index is 1260. The number of hydrogen-bond acceptors (Lipinski definition) is 4. The van der Waals surface area contributed by atoms with Gasteiger partial charge in [-0.3, -0.25) is 4.79 Å². The van der Waals surface area contributed by atoms with E-state index in [9.17, 15) is 9.59 Å². The topological polar surface area (TPSA) is 68.5 Å². The molecule has 1 aromatic heterocycles. The van der Waals surface area contributed by atoms with Crippen molar-refractivity contribution >= 4 is 22.6 Å². The van der Waals surface area contributed by atoms with Crippen molar-refractivity contribution in [2.24, 2.45) is 0 Å². The molecule has 156 valence electrons. The molecule has 1 amide bonds. The fourth-order valence-corrected chi connectivity index (χ4v) is 3.39. The van der Waals surface area contributed by atoms with Crippen molar-refractivity contribution in [1.29, 1.82) is 0 Å². The molecule has 0 saturated carbocycles. The van der Waals surface area contributed by atoms with Crippen LogP contribution in [0.15, 0.2) is 88.1 Å². The number of benzene rings is 3. The smallest absolute Gasteiger partial charge is 0.336 e. The van der Waals surface area contributed by atoms with E-state index in [-0.39, 0.29) is 12.5 Å². The largest absolute Gasteiger partial charge is 0.484 e. The Morgan fingerprint density at radius 1 is 0.968 bits per heavy atom. The molecule has 1 heterocycles. The first-order chi connectivity index (χ1) is 15.0. The molecule has 0 bridgehead atoms. The van der Waals surface area contributed by atoms with Gasteiger partial charge in [-0.2, -0.15) is 0 Å². The zero-order chi connectivity index (χ0) is 21.8. The average molecular weight is 413 g/mol. The first kappa shape index (κ1) is 20.4. The minimum atomic E-state index is -0.439. The molecule has 0 aliphatic rings. The number of ether oxygens (including phenoxy) is 1. The minimum absolute atomic E-state index is 0.153. The molecule has 0 unspecified atom stereocenters. The highest BCUT2D eigenvalue weighted by molar-refractivity contribution is 5.94. The molecule has 5 nitrogen and oxygen atoms in total. The highest BCUT2D eigenvalue weighted by atomic mass is 16.5. The van der Waals surface area contributed by atoms with Gasteiger partial charge in [-0.1, -0.05) is 56.3 Å². The summed E-state index contributed by atoms with van der Waals surface area (Å²) in [4.78, 5) is 24.3. The van der Waals surface area contributed by atoms with Crippen molar-refractivity contribution in [2.75, 3.05) is 11.9 Å². The van der Waals surface area contributed by atoms with Gasteiger partial charge in [0.05, 0.1) is 0 Å². The van der Waals surface area contributed by atoms with Crippen molar-refractivity contribution in [2.45, 2.75) is 19.8 Å². The van der Waals surface area contributed by atoms with Crippen molar-refractivity contribution in [3.05, 3.63) is 94.8 Å². The lowest BCUT2D eigenvalue weighted by atomic mass is 10.0. The lowest BCUT2D eigenvalue weighted by Crippen LogP contribution is -2.20. The molecular formula is C26H23NO4. The summed E-state index contributed by atoms with van der Waals surface area (Å²) >= 11 is 0. The monoisotopic (exact) mass is 413 g/mol. The molecule has 0 fully saturated rings. The summed E-state index contributed by atoms with van der Waals surface area (Å²) in [5, 5.41) is 3.62. The Labute approximate surface area is 180 Å². The molecule has 3 aromatic carbocycles. The second-order valence-electron chi connectivity index (χ2n) is 7.62. The van der Waals surface area contributed by atoms with Gasteiger partial charge in [-0.05, 0) is 46.9 Å². The van der Waals surface area contributed by atoms with Crippen LogP contribution in [0.2, 0.25) is 0 Å². The normalized spacial score (nSPS) is 10.9. The van der Waals surface area contributed by atoms with Gasteiger partial charge in [0.1, 0.15) is 11.3 Å². The van der Waals surface area contributed by atoms with Gasteiger partial charge in [0.2, 0.25) is 0 Å². The lowest BCUT2D eigenvalue weighted by Gasteiger charge is -2.10. The van der Waals surface area contributed by atoms with Crippen molar-refractivity contribution in [3.8, 4) is 16.9 Å². The number of hydrogen-bond donors (Lipinski definition) is 1. The third-order valence-corrected chi connectivity index (χ3v) is 5.03. The van der Waals surface area contributed by atoms with Gasteiger partial charge < -0.3 is 14.5 Å². The van der Waals surface area contributed by atoms with E-state index >= 15 is 0 Å². The van der Waals surface area contributed by atoms with E-state index in [2.05, 4.69) is 19.2 Å². The van der Waals surface area contributed by atoms with Crippen LogP contribution in [-0.4, -0.2) is 12.5 Å². The van der Waals surface area contributed by atoms with E-state index in [0.29, 0.717) is 17.3 Å². The highest BCUT2D eigenvalue weighted by Gasteiger charge is 2.10. The molecule has 0 spiro atoms. The number of anilines is 1. The number of rotatable bonds is 6. The second-order valence-corrected chi connectivity index (χ2v) is 7.62. The summed E-state index contributed by atoms with van der Waals surface area (Å²) in [5.74, 6) is 0.617. The number of fused-ring (bicyclic) bond motifs is 1. The molecule has 0 aliphatic heterocycles. The van der Waals surface area contributed by atoms with Crippen LogP contribution in [0, 0.1) is 0 Å². The quantitative estimate of drug-likeness (QED) is 0.418. The van der Waals surface area contributed by atoms with E-state index in [1.165, 1.54) is 11.6 Å². The van der Waals surface area contributed by atoms with Crippen LogP contribution in [-0.2, 0) is 4.79 Å². The fraction of sp³-hybridized carbons (Fsp3) is 0.154. The van der Waals surface area contributed by atoms with Crippen LogP contribution in [0.1, 0.15) is 25.3 Å². The van der Waals surface area contributed by atoms with Gasteiger partial charge in [0.15, 0.2) is 6.61 Å². The van der Waals surface area contributed by atoms with Gasteiger partial charge in [0.25, 0.3) is 5.91 Å². The van der Waals surface area contributed by atoms with Gasteiger partial charge in [-0.25, -0.2) is 4.79 Å². The Kier molecular flexibility index (Phi) is 5.85. The first-order valence-corrected chi connectivity index (χ1v) is 10.2. The number of carbonyl (C=O) groups excluding carboxylic acids is 1. The van der Waals surface area contributed by atoms with Crippen molar-refractivity contribution < 1.29 is 13.9 Å². The summed E-state index contributed by atoms with van der Waals surface area (Å²) in [6.45, 7) is 4.09. The molecule has 1 N–H and O–H groups in total. The zero-order valence-corrected chi connectivity index (χ0v) is 17.4. The Hall–Kier alpha value is -3.86. The maximum Gasteiger partial charge on any atom is 0.336 e. The number of nitrogens with one attached hydrogen (secondary N) is 1.